The Morgan fingerprint density at radius 2 is 1.61 bits per heavy atom. The number of Topliss-reactive ketones (excluding diaryl/α,β-unsaturated/α-hetero) is 2. The number of methoxy groups -OCH3 is 4. The summed E-state index contributed by atoms with van der Waals surface area (Å²) in [4.78, 5) is 44.6. The van der Waals surface area contributed by atoms with Crippen LogP contribution < -0.4 is 29.2 Å². The van der Waals surface area contributed by atoms with Gasteiger partial charge in [-0.25, -0.2) is 0 Å². The first kappa shape index (κ1) is 26.4. The smallest absolute Gasteiger partial charge is 0.238 e. The van der Waals surface area contributed by atoms with Crippen LogP contribution in [-0.4, -0.2) is 58.0 Å². The number of carbonyl (C=O) groups excluding carboxylic acids is 3. The zero-order chi connectivity index (χ0) is 29.1. The van der Waals surface area contributed by atoms with Crippen molar-refractivity contribution in [3.05, 3.63) is 77.4 Å². The Morgan fingerprint density at radius 1 is 0.902 bits per heavy atom. The van der Waals surface area contributed by atoms with Crippen LogP contribution >= 0.6 is 0 Å². The standard InChI is InChI=1S/C32H30N2O7/c1-17(35)28-27(29(36)19-15-24(39-3)30(41-5)25(16-19)40-4)32(21-8-6-7-9-22(21)33-31(32)37)26-13-10-18-14-20(38-2)11-12-23(18)34(26)28/h6-16,26-28H,1-5H3,(H,33,37)/t26-,27-,28+,32+/m0/s1. The van der Waals surface area contributed by atoms with Gasteiger partial charge in [-0.3, -0.25) is 14.4 Å². The number of nitrogens with zero attached hydrogens (tertiary/aromatic N) is 1. The maximum absolute atomic E-state index is 14.8. The molecule has 1 saturated heterocycles. The predicted molar refractivity (Wildman–Crippen MR) is 153 cm³/mol. The SMILES string of the molecule is COc1ccc2c(c1)C=C[C@@H]1N2[C@H](C(C)=O)[C@@H](C(=O)c2cc(OC)c(OC)c(OC)c2)[C@]12C(=O)Nc1ccccc12. The van der Waals surface area contributed by atoms with E-state index in [1.165, 1.54) is 28.3 Å². The van der Waals surface area contributed by atoms with Crippen molar-refractivity contribution in [2.24, 2.45) is 5.92 Å². The lowest BCUT2D eigenvalue weighted by atomic mass is 9.64. The molecule has 4 atom stereocenters. The van der Waals surface area contributed by atoms with Gasteiger partial charge in [0.25, 0.3) is 0 Å². The van der Waals surface area contributed by atoms with Gasteiger partial charge in [-0.1, -0.05) is 30.4 Å². The number of benzene rings is 3. The molecule has 3 aliphatic rings. The van der Waals surface area contributed by atoms with Crippen molar-refractivity contribution >= 4 is 34.9 Å². The largest absolute Gasteiger partial charge is 0.497 e. The Balaban J connectivity index is 1.63. The van der Waals surface area contributed by atoms with Crippen molar-refractivity contribution in [3.8, 4) is 23.0 Å². The number of amides is 1. The summed E-state index contributed by atoms with van der Waals surface area (Å²) in [5, 5.41) is 3.01. The molecule has 0 aliphatic carbocycles. The van der Waals surface area contributed by atoms with E-state index in [9.17, 15) is 14.4 Å². The molecule has 1 fully saturated rings. The zero-order valence-corrected chi connectivity index (χ0v) is 23.4. The molecule has 210 valence electrons. The van der Waals surface area contributed by atoms with Crippen LogP contribution in [0.3, 0.4) is 0 Å². The third-order valence-electron chi connectivity index (χ3n) is 8.49. The second-order valence-electron chi connectivity index (χ2n) is 10.3. The van der Waals surface area contributed by atoms with Gasteiger partial charge in [0.05, 0.1) is 46.4 Å². The number of ether oxygens (including phenoxy) is 4. The molecule has 0 bridgehead atoms. The third kappa shape index (κ3) is 3.58. The zero-order valence-electron chi connectivity index (χ0n) is 23.4. The van der Waals surface area contributed by atoms with Gasteiger partial charge in [0.2, 0.25) is 11.7 Å². The molecular weight excluding hydrogens is 524 g/mol. The second kappa shape index (κ2) is 9.69. The second-order valence-corrected chi connectivity index (χ2v) is 10.3. The minimum Gasteiger partial charge on any atom is -0.497 e. The van der Waals surface area contributed by atoms with Gasteiger partial charge in [0, 0.05) is 22.5 Å². The van der Waals surface area contributed by atoms with Gasteiger partial charge >= 0.3 is 0 Å². The fourth-order valence-corrected chi connectivity index (χ4v) is 6.84. The molecule has 0 saturated carbocycles. The first-order valence-electron chi connectivity index (χ1n) is 13.2. The number of ketones is 2. The van der Waals surface area contributed by atoms with E-state index in [4.69, 9.17) is 18.9 Å². The maximum atomic E-state index is 14.8. The molecule has 3 heterocycles. The summed E-state index contributed by atoms with van der Waals surface area (Å²) in [5.74, 6) is -0.418. The van der Waals surface area contributed by atoms with E-state index in [2.05, 4.69) is 5.32 Å². The molecule has 1 N–H and O–H groups in total. The van der Waals surface area contributed by atoms with Crippen LogP contribution in [-0.2, 0) is 15.0 Å². The minimum atomic E-state index is -1.39. The lowest BCUT2D eigenvalue weighted by Gasteiger charge is -2.37. The Kier molecular flexibility index (Phi) is 6.25. The maximum Gasteiger partial charge on any atom is 0.238 e. The van der Waals surface area contributed by atoms with Gasteiger partial charge in [-0.2, -0.15) is 0 Å². The van der Waals surface area contributed by atoms with E-state index in [0.29, 0.717) is 34.2 Å². The summed E-state index contributed by atoms with van der Waals surface area (Å²) >= 11 is 0. The summed E-state index contributed by atoms with van der Waals surface area (Å²) in [6.07, 6.45) is 3.85. The van der Waals surface area contributed by atoms with Gasteiger partial charge in [-0.15, -0.1) is 0 Å². The number of hydrogen-bond donors (Lipinski definition) is 1. The topological polar surface area (TPSA) is 103 Å². The van der Waals surface area contributed by atoms with E-state index in [0.717, 1.165) is 11.3 Å². The number of fused-ring (bicyclic) bond motifs is 6. The van der Waals surface area contributed by atoms with Crippen molar-refractivity contribution in [2.75, 3.05) is 38.7 Å². The molecule has 1 spiro atoms. The quantitative estimate of drug-likeness (QED) is 0.432. The van der Waals surface area contributed by atoms with E-state index < -0.39 is 23.4 Å². The van der Waals surface area contributed by atoms with Crippen LogP contribution in [0.5, 0.6) is 23.0 Å². The van der Waals surface area contributed by atoms with E-state index in [-0.39, 0.29) is 23.0 Å². The van der Waals surface area contributed by atoms with E-state index in [1.54, 1.807) is 19.2 Å². The number of carbonyl (C=O) groups is 3. The highest BCUT2D eigenvalue weighted by molar-refractivity contribution is 6.16. The molecule has 41 heavy (non-hydrogen) atoms. The lowest BCUT2D eigenvalue weighted by Crippen LogP contribution is -2.51. The molecule has 3 aromatic rings. The summed E-state index contributed by atoms with van der Waals surface area (Å²) in [7, 11) is 6.01. The molecule has 0 radical (unpaired) electrons. The van der Waals surface area contributed by atoms with Crippen molar-refractivity contribution in [2.45, 2.75) is 24.4 Å². The van der Waals surface area contributed by atoms with Crippen molar-refractivity contribution in [1.82, 2.24) is 0 Å². The normalized spacial score (nSPS) is 23.4. The molecule has 0 aromatic heterocycles. The highest BCUT2D eigenvalue weighted by Crippen LogP contribution is 2.58. The fourth-order valence-electron chi connectivity index (χ4n) is 6.84. The average Bonchev–Trinajstić information content (AvgIpc) is 3.48. The molecule has 9 heteroatoms. The van der Waals surface area contributed by atoms with Crippen LogP contribution in [0, 0.1) is 5.92 Å². The van der Waals surface area contributed by atoms with Crippen LogP contribution in [0.4, 0.5) is 11.4 Å². The summed E-state index contributed by atoms with van der Waals surface area (Å²) in [5.41, 5.74) is 1.73. The number of nitrogens with one attached hydrogen (secondary N) is 1. The van der Waals surface area contributed by atoms with Gasteiger partial charge in [0.15, 0.2) is 23.1 Å². The molecule has 9 nitrogen and oxygen atoms in total. The molecule has 6 rings (SSSR count). The van der Waals surface area contributed by atoms with Crippen molar-refractivity contribution in [1.29, 1.82) is 0 Å². The first-order chi connectivity index (χ1) is 19.8. The summed E-state index contributed by atoms with van der Waals surface area (Å²) < 4.78 is 21.9. The predicted octanol–water partition coefficient (Wildman–Crippen LogP) is 4.28. The average molecular weight is 555 g/mol. The molecule has 1 amide bonds. The molecule has 3 aromatic carbocycles. The van der Waals surface area contributed by atoms with E-state index in [1.807, 2.05) is 59.5 Å². The van der Waals surface area contributed by atoms with Gasteiger partial charge in [-0.05, 0) is 48.9 Å². The fraction of sp³-hybridized carbons (Fsp3) is 0.281. The Labute approximate surface area is 237 Å². The van der Waals surface area contributed by atoms with Crippen LogP contribution in [0.2, 0.25) is 0 Å². The molecule has 0 unspecified atom stereocenters. The minimum absolute atomic E-state index is 0.230. The highest BCUT2D eigenvalue weighted by Gasteiger charge is 2.69. The number of hydrogen-bond acceptors (Lipinski definition) is 8. The highest BCUT2D eigenvalue weighted by atomic mass is 16.5. The lowest BCUT2D eigenvalue weighted by molar-refractivity contribution is -0.122. The van der Waals surface area contributed by atoms with Crippen molar-refractivity contribution in [3.63, 3.8) is 0 Å². The number of para-hydroxylation sites is 1. The third-order valence-corrected chi connectivity index (χ3v) is 8.49. The van der Waals surface area contributed by atoms with Crippen LogP contribution in [0.15, 0.2) is 60.7 Å². The summed E-state index contributed by atoms with van der Waals surface area (Å²) in [6.45, 7) is 1.47. The summed E-state index contributed by atoms with van der Waals surface area (Å²) in [6, 6.07) is 14.5. The number of rotatable bonds is 7. The Hall–Kier alpha value is -4.79. The molecule has 3 aliphatic heterocycles. The molecular formula is C32H30N2O7. The first-order valence-corrected chi connectivity index (χ1v) is 13.2. The van der Waals surface area contributed by atoms with Crippen molar-refractivity contribution < 1.29 is 33.3 Å². The Morgan fingerprint density at radius 3 is 2.24 bits per heavy atom. The van der Waals surface area contributed by atoms with Gasteiger partial charge in [0.1, 0.15) is 11.2 Å². The van der Waals surface area contributed by atoms with Crippen LogP contribution in [0.25, 0.3) is 6.08 Å². The monoisotopic (exact) mass is 554 g/mol. The van der Waals surface area contributed by atoms with Gasteiger partial charge < -0.3 is 29.2 Å². The van der Waals surface area contributed by atoms with E-state index >= 15 is 0 Å². The Bertz CT molecular complexity index is 1600. The number of anilines is 2. The van der Waals surface area contributed by atoms with Crippen LogP contribution in [0.1, 0.15) is 28.4 Å².